The summed E-state index contributed by atoms with van der Waals surface area (Å²) < 4.78 is 6.90. The number of aromatic nitrogens is 2. The highest BCUT2D eigenvalue weighted by atomic mass is 16.6. The van der Waals surface area contributed by atoms with Crippen LogP contribution in [0, 0.1) is 16.0 Å². The molecule has 0 spiro atoms. The third-order valence-corrected chi connectivity index (χ3v) is 5.84. The molecule has 8 nitrogen and oxygen atoms in total. The van der Waals surface area contributed by atoms with Crippen molar-refractivity contribution < 1.29 is 14.5 Å². The summed E-state index contributed by atoms with van der Waals surface area (Å²) in [5.41, 5.74) is 3.02. The van der Waals surface area contributed by atoms with Gasteiger partial charge in [0.25, 0.3) is 5.69 Å². The maximum absolute atomic E-state index is 11.6. The minimum Gasteiger partial charge on any atom is -0.466 e. The number of carbonyl (C=O) groups is 1. The highest BCUT2D eigenvalue weighted by molar-refractivity contribution is 5.81. The van der Waals surface area contributed by atoms with Gasteiger partial charge in [0, 0.05) is 42.8 Å². The Kier molecular flexibility index (Phi) is 6.16. The predicted octanol–water partition coefficient (Wildman–Crippen LogP) is 3.97. The summed E-state index contributed by atoms with van der Waals surface area (Å²) in [4.78, 5) is 24.7. The molecule has 0 saturated carbocycles. The Balaban J connectivity index is 1.35. The topological polar surface area (TPSA) is 90.5 Å². The SMILES string of the molecule is CCOC(=O)Cc1ccc(N2CCC(Cn3ncc4ccc([N+](=O)[O-])cc43)CC2)cc1. The number of anilines is 1. The molecule has 0 N–H and O–H groups in total. The van der Waals surface area contributed by atoms with E-state index in [1.807, 2.05) is 23.7 Å². The summed E-state index contributed by atoms with van der Waals surface area (Å²) in [6, 6.07) is 13.0. The Bertz CT molecular complexity index is 1070. The summed E-state index contributed by atoms with van der Waals surface area (Å²) in [6.45, 7) is 4.86. The zero-order valence-corrected chi connectivity index (χ0v) is 17.6. The number of nitro benzene ring substituents is 1. The Morgan fingerprint density at radius 2 is 1.94 bits per heavy atom. The van der Waals surface area contributed by atoms with E-state index in [1.165, 1.54) is 6.07 Å². The summed E-state index contributed by atoms with van der Waals surface area (Å²) >= 11 is 0. The van der Waals surface area contributed by atoms with Crippen LogP contribution in [0.15, 0.2) is 48.7 Å². The number of nitrogens with zero attached hydrogens (tertiary/aromatic N) is 4. The molecule has 8 heteroatoms. The lowest BCUT2D eigenvalue weighted by atomic mass is 9.96. The average molecular weight is 422 g/mol. The maximum Gasteiger partial charge on any atom is 0.310 e. The molecule has 0 amide bonds. The van der Waals surface area contributed by atoms with Crippen molar-refractivity contribution >= 4 is 28.2 Å². The molecule has 0 radical (unpaired) electrons. The monoisotopic (exact) mass is 422 g/mol. The molecule has 2 heterocycles. The number of carbonyl (C=O) groups excluding carboxylic acids is 1. The van der Waals surface area contributed by atoms with Crippen LogP contribution in [0.25, 0.3) is 10.9 Å². The Hall–Kier alpha value is -3.42. The van der Waals surface area contributed by atoms with E-state index in [4.69, 9.17) is 4.74 Å². The number of non-ortho nitro benzene ring substituents is 1. The summed E-state index contributed by atoms with van der Waals surface area (Å²) in [5.74, 6) is 0.272. The summed E-state index contributed by atoms with van der Waals surface area (Å²) in [6.07, 6.45) is 4.12. The van der Waals surface area contributed by atoms with E-state index in [2.05, 4.69) is 22.1 Å². The van der Waals surface area contributed by atoms with Gasteiger partial charge in [-0.2, -0.15) is 5.10 Å². The molecular weight excluding hydrogens is 396 g/mol. The zero-order valence-electron chi connectivity index (χ0n) is 17.6. The number of nitro groups is 1. The van der Waals surface area contributed by atoms with E-state index in [1.54, 1.807) is 18.3 Å². The van der Waals surface area contributed by atoms with Gasteiger partial charge in [0.05, 0.1) is 29.7 Å². The Labute approximate surface area is 180 Å². The van der Waals surface area contributed by atoms with Gasteiger partial charge < -0.3 is 9.64 Å². The first-order chi connectivity index (χ1) is 15.0. The highest BCUT2D eigenvalue weighted by Crippen LogP contribution is 2.27. The highest BCUT2D eigenvalue weighted by Gasteiger charge is 2.21. The van der Waals surface area contributed by atoms with E-state index in [9.17, 15) is 14.9 Å². The molecule has 162 valence electrons. The summed E-state index contributed by atoms with van der Waals surface area (Å²) in [7, 11) is 0. The van der Waals surface area contributed by atoms with Gasteiger partial charge in [-0.15, -0.1) is 0 Å². The molecule has 0 aliphatic carbocycles. The molecule has 0 bridgehead atoms. The lowest BCUT2D eigenvalue weighted by Crippen LogP contribution is -2.35. The third-order valence-electron chi connectivity index (χ3n) is 5.84. The van der Waals surface area contributed by atoms with Gasteiger partial charge in [0.15, 0.2) is 0 Å². The smallest absolute Gasteiger partial charge is 0.310 e. The number of rotatable bonds is 7. The second-order valence-electron chi connectivity index (χ2n) is 7.91. The number of esters is 1. The lowest BCUT2D eigenvalue weighted by molar-refractivity contribution is -0.384. The van der Waals surface area contributed by atoms with Gasteiger partial charge in [-0.1, -0.05) is 12.1 Å². The fourth-order valence-electron chi connectivity index (χ4n) is 4.14. The first-order valence-corrected chi connectivity index (χ1v) is 10.6. The molecule has 2 aromatic carbocycles. The number of hydrogen-bond donors (Lipinski definition) is 0. The molecule has 3 aromatic rings. The maximum atomic E-state index is 11.6. The molecule has 0 unspecified atom stereocenters. The van der Waals surface area contributed by atoms with E-state index < -0.39 is 0 Å². The van der Waals surface area contributed by atoms with Gasteiger partial charge in [-0.05, 0) is 49.4 Å². The largest absolute Gasteiger partial charge is 0.466 e. The minimum absolute atomic E-state index is 0.0930. The van der Waals surface area contributed by atoms with Crippen LogP contribution >= 0.6 is 0 Å². The van der Waals surface area contributed by atoms with Crippen LogP contribution < -0.4 is 4.90 Å². The standard InChI is InChI=1S/C23H26N4O4/c1-2-31-23(28)13-17-3-6-20(7-4-17)25-11-9-18(10-12-25)16-26-22-14-21(27(29)30)8-5-19(22)15-24-26/h3-8,14-15,18H,2,9-13,16H2,1H3. The molecule has 0 atom stereocenters. The van der Waals surface area contributed by atoms with Crippen molar-refractivity contribution in [2.75, 3.05) is 24.6 Å². The molecule has 1 aliphatic heterocycles. The van der Waals surface area contributed by atoms with Crippen molar-refractivity contribution in [3.8, 4) is 0 Å². The van der Waals surface area contributed by atoms with Crippen LogP contribution in [0.5, 0.6) is 0 Å². The van der Waals surface area contributed by atoms with Crippen molar-refractivity contribution in [1.29, 1.82) is 0 Å². The van der Waals surface area contributed by atoms with Gasteiger partial charge in [0.2, 0.25) is 0 Å². The molecule has 31 heavy (non-hydrogen) atoms. The van der Waals surface area contributed by atoms with Gasteiger partial charge in [0.1, 0.15) is 0 Å². The van der Waals surface area contributed by atoms with E-state index in [0.717, 1.165) is 54.6 Å². The number of piperidine rings is 1. The average Bonchev–Trinajstić information content (AvgIpc) is 3.17. The molecule has 1 fully saturated rings. The number of fused-ring (bicyclic) bond motifs is 1. The fourth-order valence-corrected chi connectivity index (χ4v) is 4.14. The number of ether oxygens (including phenoxy) is 1. The normalized spacial score (nSPS) is 14.7. The number of hydrogen-bond acceptors (Lipinski definition) is 6. The van der Waals surface area contributed by atoms with Crippen molar-refractivity contribution in [3.63, 3.8) is 0 Å². The Morgan fingerprint density at radius 1 is 1.19 bits per heavy atom. The van der Waals surface area contributed by atoms with Crippen LogP contribution in [-0.4, -0.2) is 40.4 Å². The predicted molar refractivity (Wildman–Crippen MR) is 118 cm³/mol. The molecular formula is C23H26N4O4. The van der Waals surface area contributed by atoms with Crippen molar-refractivity contribution in [2.24, 2.45) is 5.92 Å². The van der Waals surface area contributed by atoms with Crippen LogP contribution in [0.3, 0.4) is 0 Å². The first-order valence-electron chi connectivity index (χ1n) is 10.6. The first kappa shape index (κ1) is 20.8. The van der Waals surface area contributed by atoms with Gasteiger partial charge in [-0.25, -0.2) is 0 Å². The van der Waals surface area contributed by atoms with E-state index >= 15 is 0 Å². The van der Waals surface area contributed by atoms with Crippen LogP contribution in [-0.2, 0) is 22.5 Å². The minimum atomic E-state index is -0.368. The van der Waals surface area contributed by atoms with Gasteiger partial charge >= 0.3 is 5.97 Å². The second-order valence-corrected chi connectivity index (χ2v) is 7.91. The lowest BCUT2D eigenvalue weighted by Gasteiger charge is -2.33. The van der Waals surface area contributed by atoms with Crippen molar-refractivity contribution in [3.05, 3.63) is 64.3 Å². The zero-order chi connectivity index (χ0) is 21.8. The van der Waals surface area contributed by atoms with E-state index in [-0.39, 0.29) is 16.6 Å². The molecule has 1 saturated heterocycles. The van der Waals surface area contributed by atoms with Gasteiger partial charge in [-0.3, -0.25) is 19.6 Å². The Morgan fingerprint density at radius 3 is 2.61 bits per heavy atom. The van der Waals surface area contributed by atoms with Crippen LogP contribution in [0.1, 0.15) is 25.3 Å². The molecule has 1 aliphatic rings. The van der Waals surface area contributed by atoms with Crippen LogP contribution in [0.4, 0.5) is 11.4 Å². The molecule has 4 rings (SSSR count). The fraction of sp³-hybridized carbons (Fsp3) is 0.391. The van der Waals surface area contributed by atoms with E-state index in [0.29, 0.717) is 18.9 Å². The summed E-state index contributed by atoms with van der Waals surface area (Å²) in [5, 5.41) is 16.5. The quantitative estimate of drug-likeness (QED) is 0.325. The molecule has 1 aromatic heterocycles. The third kappa shape index (κ3) is 4.84. The number of benzene rings is 2. The van der Waals surface area contributed by atoms with Crippen LogP contribution in [0.2, 0.25) is 0 Å². The van der Waals surface area contributed by atoms with Crippen molar-refractivity contribution in [1.82, 2.24) is 9.78 Å². The van der Waals surface area contributed by atoms with Crippen molar-refractivity contribution in [2.45, 2.75) is 32.7 Å². The second kappa shape index (κ2) is 9.16.